The lowest BCUT2D eigenvalue weighted by atomic mass is 9.90. The molecule has 3 heterocycles. The normalized spacial score (nSPS) is 34.0. The third kappa shape index (κ3) is 2.31. The maximum absolute atomic E-state index is 6.05. The zero-order valence-corrected chi connectivity index (χ0v) is 11.7. The highest BCUT2D eigenvalue weighted by molar-refractivity contribution is 7.99. The van der Waals surface area contributed by atoms with E-state index in [1.807, 2.05) is 24.9 Å². The van der Waals surface area contributed by atoms with Gasteiger partial charge in [-0.2, -0.15) is 16.9 Å². The zero-order chi connectivity index (χ0) is 12.6. The molecule has 0 amide bonds. The van der Waals surface area contributed by atoms with Gasteiger partial charge in [-0.05, 0) is 31.9 Å². The van der Waals surface area contributed by atoms with Gasteiger partial charge < -0.3 is 10.5 Å². The summed E-state index contributed by atoms with van der Waals surface area (Å²) in [5, 5.41) is 4.49. The SMILES string of the molecule is C[C@H](N)c1cnn(C2CCOC3(CCSC3)C2)c1. The van der Waals surface area contributed by atoms with E-state index in [-0.39, 0.29) is 11.6 Å². The molecule has 1 aromatic heterocycles. The van der Waals surface area contributed by atoms with Gasteiger partial charge in [0.15, 0.2) is 0 Å². The van der Waals surface area contributed by atoms with Crippen LogP contribution in [0.15, 0.2) is 12.4 Å². The number of hydrogen-bond acceptors (Lipinski definition) is 4. The van der Waals surface area contributed by atoms with Crippen LogP contribution in [0.1, 0.15) is 43.8 Å². The second kappa shape index (κ2) is 4.87. The van der Waals surface area contributed by atoms with Crippen LogP contribution in [-0.4, -0.2) is 33.5 Å². The van der Waals surface area contributed by atoms with Crippen molar-refractivity contribution in [1.82, 2.24) is 9.78 Å². The summed E-state index contributed by atoms with van der Waals surface area (Å²) in [6.07, 6.45) is 7.36. The first-order chi connectivity index (χ1) is 8.69. The Kier molecular flexibility index (Phi) is 3.38. The average Bonchev–Trinajstić information content (AvgIpc) is 2.98. The molecule has 100 valence electrons. The lowest BCUT2D eigenvalue weighted by Crippen LogP contribution is -2.40. The Balaban J connectivity index is 1.75. The summed E-state index contributed by atoms with van der Waals surface area (Å²) in [6, 6.07) is 0.541. The molecule has 2 saturated heterocycles. The molecule has 0 radical (unpaired) electrons. The van der Waals surface area contributed by atoms with Gasteiger partial charge in [0.05, 0.1) is 17.8 Å². The number of aromatic nitrogens is 2. The van der Waals surface area contributed by atoms with Gasteiger partial charge in [0.1, 0.15) is 0 Å². The van der Waals surface area contributed by atoms with E-state index >= 15 is 0 Å². The summed E-state index contributed by atoms with van der Waals surface area (Å²) in [4.78, 5) is 0. The van der Waals surface area contributed by atoms with E-state index in [0.29, 0.717) is 6.04 Å². The van der Waals surface area contributed by atoms with Crippen molar-refractivity contribution in [2.45, 2.75) is 43.9 Å². The fourth-order valence-electron chi connectivity index (χ4n) is 2.88. The molecule has 0 aliphatic carbocycles. The maximum Gasteiger partial charge on any atom is 0.0800 e. The van der Waals surface area contributed by atoms with Crippen molar-refractivity contribution in [3.8, 4) is 0 Å². The van der Waals surface area contributed by atoms with E-state index in [2.05, 4.69) is 16.0 Å². The van der Waals surface area contributed by atoms with Gasteiger partial charge in [0, 0.05) is 30.2 Å². The Hall–Kier alpha value is -0.520. The number of thioether (sulfide) groups is 1. The van der Waals surface area contributed by atoms with E-state index < -0.39 is 0 Å². The minimum atomic E-state index is 0.0644. The molecule has 2 fully saturated rings. The van der Waals surface area contributed by atoms with Crippen LogP contribution >= 0.6 is 11.8 Å². The van der Waals surface area contributed by atoms with Crippen LogP contribution in [0, 0.1) is 0 Å². The third-order valence-electron chi connectivity index (χ3n) is 4.06. The third-order valence-corrected chi connectivity index (χ3v) is 5.28. The maximum atomic E-state index is 6.05. The van der Waals surface area contributed by atoms with Gasteiger partial charge in [0.2, 0.25) is 0 Å². The monoisotopic (exact) mass is 267 g/mol. The van der Waals surface area contributed by atoms with Crippen LogP contribution in [0.5, 0.6) is 0 Å². The van der Waals surface area contributed by atoms with Crippen molar-refractivity contribution in [3.05, 3.63) is 18.0 Å². The fraction of sp³-hybridized carbons (Fsp3) is 0.769. The van der Waals surface area contributed by atoms with Crippen LogP contribution < -0.4 is 5.73 Å². The van der Waals surface area contributed by atoms with Crippen molar-refractivity contribution < 1.29 is 4.74 Å². The average molecular weight is 267 g/mol. The molecular formula is C13H21N3OS. The van der Waals surface area contributed by atoms with Crippen molar-refractivity contribution in [1.29, 1.82) is 0 Å². The molecule has 0 bridgehead atoms. The first-order valence-electron chi connectivity index (χ1n) is 6.70. The van der Waals surface area contributed by atoms with Gasteiger partial charge in [-0.3, -0.25) is 4.68 Å². The number of nitrogens with two attached hydrogens (primary N) is 1. The molecule has 4 nitrogen and oxygen atoms in total. The summed E-state index contributed by atoms with van der Waals surface area (Å²) in [5.74, 6) is 2.38. The summed E-state index contributed by atoms with van der Waals surface area (Å²) in [6.45, 7) is 2.86. The highest BCUT2D eigenvalue weighted by Crippen LogP contribution is 2.41. The Labute approximate surface area is 112 Å². The van der Waals surface area contributed by atoms with Gasteiger partial charge in [-0.15, -0.1) is 0 Å². The molecule has 2 N–H and O–H groups in total. The lowest BCUT2D eigenvalue weighted by molar-refractivity contribution is -0.0778. The lowest BCUT2D eigenvalue weighted by Gasteiger charge is -2.37. The van der Waals surface area contributed by atoms with Gasteiger partial charge >= 0.3 is 0 Å². The second-order valence-electron chi connectivity index (χ2n) is 5.52. The Bertz CT molecular complexity index is 412. The largest absolute Gasteiger partial charge is 0.374 e. The van der Waals surface area contributed by atoms with Crippen LogP contribution in [0.3, 0.4) is 0 Å². The fourth-order valence-corrected chi connectivity index (χ4v) is 4.26. The van der Waals surface area contributed by atoms with Crippen LogP contribution in [0.25, 0.3) is 0 Å². The number of rotatable bonds is 2. The Morgan fingerprint density at radius 2 is 2.56 bits per heavy atom. The van der Waals surface area contributed by atoms with Crippen molar-refractivity contribution >= 4 is 11.8 Å². The van der Waals surface area contributed by atoms with Gasteiger partial charge in [0.25, 0.3) is 0 Å². The first kappa shape index (κ1) is 12.5. The molecule has 2 aliphatic heterocycles. The van der Waals surface area contributed by atoms with Crippen LogP contribution in [0.4, 0.5) is 0 Å². The van der Waals surface area contributed by atoms with E-state index in [1.54, 1.807) is 0 Å². The van der Waals surface area contributed by atoms with E-state index in [1.165, 1.54) is 12.2 Å². The molecule has 3 atom stereocenters. The van der Waals surface area contributed by atoms with Gasteiger partial charge in [-0.1, -0.05) is 0 Å². The topological polar surface area (TPSA) is 53.1 Å². The highest BCUT2D eigenvalue weighted by Gasteiger charge is 2.41. The minimum Gasteiger partial charge on any atom is -0.374 e. The quantitative estimate of drug-likeness (QED) is 0.892. The molecule has 18 heavy (non-hydrogen) atoms. The molecule has 0 saturated carbocycles. The van der Waals surface area contributed by atoms with Crippen molar-refractivity contribution in [3.63, 3.8) is 0 Å². The summed E-state index contributed by atoms with van der Waals surface area (Å²) >= 11 is 2.01. The molecule has 1 spiro atoms. The molecule has 5 heteroatoms. The number of nitrogens with zero attached hydrogens (tertiary/aromatic N) is 2. The van der Waals surface area contributed by atoms with Crippen LogP contribution in [0.2, 0.25) is 0 Å². The predicted molar refractivity (Wildman–Crippen MR) is 73.7 cm³/mol. The summed E-state index contributed by atoms with van der Waals surface area (Å²) in [7, 11) is 0. The standard InChI is InChI=1S/C13H21N3OS/c1-10(14)11-7-15-16(8-11)12-2-4-17-13(6-12)3-5-18-9-13/h7-8,10,12H,2-6,9,14H2,1H3/t10-,12?,13?/m0/s1. The van der Waals surface area contributed by atoms with Crippen LogP contribution in [-0.2, 0) is 4.74 Å². The zero-order valence-electron chi connectivity index (χ0n) is 10.8. The number of hydrogen-bond donors (Lipinski definition) is 1. The van der Waals surface area contributed by atoms with Gasteiger partial charge in [-0.25, -0.2) is 0 Å². The summed E-state index contributed by atoms with van der Waals surface area (Å²) < 4.78 is 8.15. The Morgan fingerprint density at radius 3 is 3.22 bits per heavy atom. The van der Waals surface area contributed by atoms with Crippen molar-refractivity contribution in [2.75, 3.05) is 18.1 Å². The second-order valence-corrected chi connectivity index (χ2v) is 6.63. The molecule has 2 aliphatic rings. The molecule has 1 aromatic rings. The van der Waals surface area contributed by atoms with Crippen molar-refractivity contribution in [2.24, 2.45) is 5.73 Å². The molecular weight excluding hydrogens is 246 g/mol. The molecule has 0 aromatic carbocycles. The van der Waals surface area contributed by atoms with E-state index in [9.17, 15) is 0 Å². The Morgan fingerprint density at radius 1 is 1.67 bits per heavy atom. The number of ether oxygens (including phenoxy) is 1. The first-order valence-corrected chi connectivity index (χ1v) is 7.85. The van der Waals surface area contributed by atoms with E-state index in [4.69, 9.17) is 10.5 Å². The molecule has 2 unspecified atom stereocenters. The minimum absolute atomic E-state index is 0.0644. The van der Waals surface area contributed by atoms with E-state index in [0.717, 1.165) is 30.8 Å². The highest BCUT2D eigenvalue weighted by atomic mass is 32.2. The summed E-state index contributed by atoms with van der Waals surface area (Å²) in [5.41, 5.74) is 7.13. The smallest absolute Gasteiger partial charge is 0.0800 e. The molecule has 3 rings (SSSR count). The predicted octanol–water partition coefficient (Wildman–Crippen LogP) is 2.13.